The number of pyridine rings is 1. The molecular weight excluding hydrogens is 460 g/mol. The van der Waals surface area contributed by atoms with Crippen molar-refractivity contribution in [2.45, 2.75) is 59.2 Å². The van der Waals surface area contributed by atoms with Gasteiger partial charge in [-0.2, -0.15) is 5.26 Å². The molecule has 0 spiro atoms. The standard InChI is InChI=1S/C31H34N4O2/c1-21(2)35(22(3)4)23(5)37-27-13-10-12-26(18-27)34-20-25(30-15-8-9-16-33-30)17-29(31(34)36)28-14-7-6-11-24(28)19-32/h6-18,20-23,31,36H,1-5H3. The molecule has 0 aliphatic carbocycles. The van der Waals surface area contributed by atoms with Gasteiger partial charge in [-0.1, -0.05) is 30.3 Å². The van der Waals surface area contributed by atoms with E-state index in [9.17, 15) is 10.4 Å². The molecule has 0 fully saturated rings. The van der Waals surface area contributed by atoms with E-state index < -0.39 is 6.23 Å². The number of anilines is 1. The Morgan fingerprint density at radius 1 is 0.973 bits per heavy atom. The Morgan fingerprint density at radius 3 is 2.38 bits per heavy atom. The summed E-state index contributed by atoms with van der Waals surface area (Å²) in [6, 6.07) is 23.7. The predicted octanol–water partition coefficient (Wildman–Crippen LogP) is 6.06. The average Bonchev–Trinajstić information content (AvgIpc) is 2.89. The number of nitriles is 1. The van der Waals surface area contributed by atoms with Crippen molar-refractivity contribution in [3.05, 3.63) is 102 Å². The summed E-state index contributed by atoms with van der Waals surface area (Å²) >= 11 is 0. The second-order valence-electron chi connectivity index (χ2n) is 9.69. The zero-order valence-corrected chi connectivity index (χ0v) is 22.0. The minimum absolute atomic E-state index is 0.126. The fraction of sp³-hybridized carbons (Fsp3) is 0.290. The van der Waals surface area contributed by atoms with Gasteiger partial charge >= 0.3 is 0 Å². The first kappa shape index (κ1) is 26.2. The largest absolute Gasteiger partial charge is 0.475 e. The van der Waals surface area contributed by atoms with Crippen LogP contribution in [0.25, 0.3) is 11.1 Å². The minimum Gasteiger partial charge on any atom is -0.475 e. The van der Waals surface area contributed by atoms with Crippen LogP contribution in [0.15, 0.2) is 85.2 Å². The van der Waals surface area contributed by atoms with Crippen molar-refractivity contribution in [1.82, 2.24) is 9.88 Å². The highest BCUT2D eigenvalue weighted by Crippen LogP contribution is 2.36. The van der Waals surface area contributed by atoms with Gasteiger partial charge in [-0.15, -0.1) is 0 Å². The first-order chi connectivity index (χ1) is 17.8. The van der Waals surface area contributed by atoms with Gasteiger partial charge in [0.1, 0.15) is 12.0 Å². The zero-order chi connectivity index (χ0) is 26.5. The number of ether oxygens (including phenoxy) is 1. The molecule has 1 aromatic heterocycles. The minimum atomic E-state index is -1.00. The number of hydrogen-bond donors (Lipinski definition) is 1. The van der Waals surface area contributed by atoms with Gasteiger partial charge in [0.15, 0.2) is 6.23 Å². The van der Waals surface area contributed by atoms with Crippen molar-refractivity contribution in [3.8, 4) is 11.8 Å². The third-order valence-corrected chi connectivity index (χ3v) is 6.48. The van der Waals surface area contributed by atoms with Crippen molar-refractivity contribution in [2.24, 2.45) is 0 Å². The molecule has 0 amide bonds. The fourth-order valence-electron chi connectivity index (χ4n) is 5.00. The molecule has 0 bridgehead atoms. The van der Waals surface area contributed by atoms with Crippen LogP contribution in [0.2, 0.25) is 0 Å². The highest BCUT2D eigenvalue weighted by Gasteiger charge is 2.28. The normalized spacial score (nSPS) is 16.4. The molecule has 0 radical (unpaired) electrons. The number of benzene rings is 2. The fourth-order valence-corrected chi connectivity index (χ4v) is 5.00. The first-order valence-corrected chi connectivity index (χ1v) is 12.6. The Balaban J connectivity index is 1.74. The molecule has 1 aliphatic rings. The van der Waals surface area contributed by atoms with Crippen molar-refractivity contribution in [2.75, 3.05) is 4.90 Å². The molecule has 4 rings (SSSR count). The number of allylic oxidation sites excluding steroid dienone is 2. The molecule has 0 saturated heterocycles. The van der Waals surface area contributed by atoms with E-state index in [-0.39, 0.29) is 6.23 Å². The lowest BCUT2D eigenvalue weighted by atomic mass is 9.93. The maximum atomic E-state index is 11.6. The quantitative estimate of drug-likeness (QED) is 0.384. The molecule has 2 heterocycles. The summed E-state index contributed by atoms with van der Waals surface area (Å²) in [5, 5.41) is 21.3. The van der Waals surface area contributed by atoms with Gasteiger partial charge in [-0.05, 0) is 76.6 Å². The molecule has 0 saturated carbocycles. The van der Waals surface area contributed by atoms with Gasteiger partial charge in [-0.3, -0.25) is 9.88 Å². The van der Waals surface area contributed by atoms with Crippen LogP contribution in [0.4, 0.5) is 5.69 Å². The van der Waals surface area contributed by atoms with E-state index in [1.807, 2.05) is 72.9 Å². The summed E-state index contributed by atoms with van der Waals surface area (Å²) in [6.07, 6.45) is 4.41. The van der Waals surface area contributed by atoms with E-state index in [1.54, 1.807) is 17.2 Å². The molecule has 6 nitrogen and oxygen atoms in total. The van der Waals surface area contributed by atoms with Crippen LogP contribution in [0.1, 0.15) is 51.4 Å². The molecule has 1 N–H and O–H groups in total. The topological polar surface area (TPSA) is 72.6 Å². The predicted molar refractivity (Wildman–Crippen MR) is 148 cm³/mol. The molecule has 190 valence electrons. The molecular formula is C31H34N4O2. The van der Waals surface area contributed by atoms with Crippen molar-refractivity contribution < 1.29 is 9.84 Å². The maximum Gasteiger partial charge on any atom is 0.157 e. The monoisotopic (exact) mass is 494 g/mol. The third kappa shape index (κ3) is 5.75. The van der Waals surface area contributed by atoms with Crippen LogP contribution in [0, 0.1) is 11.3 Å². The van der Waals surface area contributed by atoms with Gasteiger partial charge in [0, 0.05) is 47.4 Å². The Hall–Kier alpha value is -3.92. The van der Waals surface area contributed by atoms with Gasteiger partial charge in [0.25, 0.3) is 0 Å². The van der Waals surface area contributed by atoms with Gasteiger partial charge in [-0.25, -0.2) is 0 Å². The van der Waals surface area contributed by atoms with E-state index in [1.165, 1.54) is 0 Å². The summed E-state index contributed by atoms with van der Waals surface area (Å²) < 4.78 is 6.35. The summed E-state index contributed by atoms with van der Waals surface area (Å²) in [5.74, 6) is 0.713. The molecule has 6 heteroatoms. The second kappa shape index (κ2) is 11.4. The van der Waals surface area contributed by atoms with Gasteiger partial charge in [0.05, 0.1) is 17.3 Å². The van der Waals surface area contributed by atoms with E-state index in [0.29, 0.717) is 34.5 Å². The molecule has 37 heavy (non-hydrogen) atoms. The molecule has 2 aromatic carbocycles. The third-order valence-electron chi connectivity index (χ3n) is 6.48. The van der Waals surface area contributed by atoms with Crippen LogP contribution < -0.4 is 9.64 Å². The number of nitrogens with zero attached hydrogens (tertiary/aromatic N) is 4. The second-order valence-corrected chi connectivity index (χ2v) is 9.69. The van der Waals surface area contributed by atoms with Crippen LogP contribution in [-0.2, 0) is 0 Å². The van der Waals surface area contributed by atoms with Crippen molar-refractivity contribution in [3.63, 3.8) is 0 Å². The number of aliphatic hydroxyl groups is 1. The van der Waals surface area contributed by atoms with E-state index >= 15 is 0 Å². The molecule has 2 unspecified atom stereocenters. The Morgan fingerprint density at radius 2 is 1.70 bits per heavy atom. The first-order valence-electron chi connectivity index (χ1n) is 12.6. The van der Waals surface area contributed by atoms with E-state index in [0.717, 1.165) is 17.0 Å². The summed E-state index contributed by atoms with van der Waals surface area (Å²) in [4.78, 5) is 8.63. The van der Waals surface area contributed by atoms with Crippen molar-refractivity contribution in [1.29, 1.82) is 5.26 Å². The Labute approximate surface area is 219 Å². The lowest BCUT2D eigenvalue weighted by Gasteiger charge is -2.36. The highest BCUT2D eigenvalue weighted by molar-refractivity contribution is 5.90. The molecule has 3 aromatic rings. The van der Waals surface area contributed by atoms with Gasteiger partial charge < -0.3 is 14.7 Å². The van der Waals surface area contributed by atoms with Crippen molar-refractivity contribution >= 4 is 16.8 Å². The van der Waals surface area contributed by atoms with Crippen LogP contribution in [0.5, 0.6) is 5.75 Å². The molecule has 2 atom stereocenters. The molecule has 1 aliphatic heterocycles. The summed E-state index contributed by atoms with van der Waals surface area (Å²) in [6.45, 7) is 10.7. The number of rotatable bonds is 8. The highest BCUT2D eigenvalue weighted by atomic mass is 16.5. The smallest absolute Gasteiger partial charge is 0.157 e. The number of aromatic nitrogens is 1. The average molecular weight is 495 g/mol. The van der Waals surface area contributed by atoms with Crippen LogP contribution in [0.3, 0.4) is 0 Å². The Kier molecular flexibility index (Phi) is 8.08. The SMILES string of the molecule is CC(C)N(C(C)C)C(C)Oc1cccc(N2C=C(c3ccccn3)C=C(c3ccccc3C#N)C2O)c1. The van der Waals surface area contributed by atoms with E-state index in [4.69, 9.17) is 4.74 Å². The van der Waals surface area contributed by atoms with Crippen LogP contribution >= 0.6 is 0 Å². The summed E-state index contributed by atoms with van der Waals surface area (Å²) in [7, 11) is 0. The number of hydrogen-bond acceptors (Lipinski definition) is 6. The maximum absolute atomic E-state index is 11.6. The lowest BCUT2D eigenvalue weighted by molar-refractivity contribution is -0.00558. The zero-order valence-electron chi connectivity index (χ0n) is 22.0. The number of aliphatic hydroxyl groups excluding tert-OH is 1. The Bertz CT molecular complexity index is 1320. The summed E-state index contributed by atoms with van der Waals surface area (Å²) in [5.41, 5.74) is 4.20. The van der Waals surface area contributed by atoms with E-state index in [2.05, 4.69) is 50.6 Å². The van der Waals surface area contributed by atoms with Gasteiger partial charge in [0.2, 0.25) is 0 Å². The lowest BCUT2D eigenvalue weighted by Crippen LogP contribution is -2.46. The van der Waals surface area contributed by atoms with Crippen LogP contribution in [-0.4, -0.2) is 39.5 Å².